The van der Waals surface area contributed by atoms with Gasteiger partial charge in [0.25, 0.3) is 0 Å². The Kier molecular flexibility index (Phi) is 6.78. The second-order valence-electron chi connectivity index (χ2n) is 11.0. The van der Waals surface area contributed by atoms with Crippen molar-refractivity contribution in [1.82, 2.24) is 4.90 Å². The molecule has 2 saturated heterocycles. The van der Waals surface area contributed by atoms with Crippen molar-refractivity contribution in [3.05, 3.63) is 71.6 Å². The van der Waals surface area contributed by atoms with Crippen LogP contribution in [0.4, 0.5) is 22.7 Å². The van der Waals surface area contributed by atoms with Crippen molar-refractivity contribution in [2.75, 3.05) is 60.7 Å². The fourth-order valence-electron chi connectivity index (χ4n) is 6.25. The molecular weight excluding hydrogens is 510 g/mol. The molecule has 0 amide bonds. The molecule has 0 aromatic heterocycles. The maximum Gasteiger partial charge on any atom is 0.241 e. The highest BCUT2D eigenvalue weighted by atomic mass is 15.4. The predicted octanol–water partition coefficient (Wildman–Crippen LogP) is 5.44. The van der Waals surface area contributed by atoms with Crippen molar-refractivity contribution in [1.29, 1.82) is 0 Å². The molecule has 0 radical (unpaired) electrons. The van der Waals surface area contributed by atoms with Crippen molar-refractivity contribution < 1.29 is 0 Å². The molecule has 9 nitrogen and oxygen atoms in total. The average Bonchev–Trinajstić information content (AvgIpc) is 3.05. The number of allylic oxidation sites excluding steroid dienone is 2. The number of aliphatic imine (C=N–C) groups is 4. The van der Waals surface area contributed by atoms with E-state index in [1.807, 2.05) is 37.2 Å². The van der Waals surface area contributed by atoms with Gasteiger partial charge in [-0.3, -0.25) is 0 Å². The Balaban J connectivity index is 1.25. The van der Waals surface area contributed by atoms with Crippen molar-refractivity contribution in [2.45, 2.75) is 38.5 Å². The standard InChI is InChI=1S/C32H37N9/c1-33-26-20-22(39-16-5-3-6-17-39)12-14-24(26)30-35-28-10-9-11-29-36-31(38-32(37-30)41(28)29)25-15-13-23(21-27(25)34-2)40-18-7-4-8-19-40/h9-15,20-21,33-34H,3-8,16-19H2,1-2H3. The molecule has 0 spiro atoms. The lowest BCUT2D eigenvalue weighted by Crippen LogP contribution is -2.41. The van der Waals surface area contributed by atoms with Crippen molar-refractivity contribution in [3.63, 3.8) is 0 Å². The Morgan fingerprint density at radius 2 is 1.20 bits per heavy atom. The molecule has 0 aliphatic carbocycles. The Morgan fingerprint density at radius 1 is 0.634 bits per heavy atom. The maximum absolute atomic E-state index is 5.00. The van der Waals surface area contributed by atoms with Crippen LogP contribution in [0.2, 0.25) is 0 Å². The van der Waals surface area contributed by atoms with E-state index < -0.39 is 0 Å². The van der Waals surface area contributed by atoms with E-state index in [0.717, 1.165) is 60.3 Å². The number of anilines is 4. The molecule has 2 N–H and O–H groups in total. The molecule has 0 unspecified atom stereocenters. The number of benzene rings is 2. The van der Waals surface area contributed by atoms with Gasteiger partial charge in [0.1, 0.15) is 11.7 Å². The molecule has 5 aliphatic heterocycles. The molecule has 210 valence electrons. The average molecular weight is 548 g/mol. The predicted molar refractivity (Wildman–Crippen MR) is 171 cm³/mol. The summed E-state index contributed by atoms with van der Waals surface area (Å²) in [6.07, 6.45) is 13.6. The molecule has 0 bridgehead atoms. The van der Waals surface area contributed by atoms with E-state index in [1.165, 1.54) is 49.9 Å². The van der Waals surface area contributed by atoms with Crippen LogP contribution in [0.25, 0.3) is 0 Å². The summed E-state index contributed by atoms with van der Waals surface area (Å²) >= 11 is 0. The molecule has 2 aromatic rings. The van der Waals surface area contributed by atoms with E-state index in [-0.39, 0.29) is 0 Å². The first-order chi connectivity index (χ1) is 20.2. The van der Waals surface area contributed by atoms with Gasteiger partial charge in [0.05, 0.1) is 0 Å². The normalized spacial score (nSPS) is 20.0. The zero-order chi connectivity index (χ0) is 27.8. The first-order valence-corrected chi connectivity index (χ1v) is 14.9. The van der Waals surface area contributed by atoms with Gasteiger partial charge in [-0.1, -0.05) is 6.08 Å². The van der Waals surface area contributed by atoms with Crippen LogP contribution in [0.5, 0.6) is 0 Å². The van der Waals surface area contributed by atoms with E-state index >= 15 is 0 Å². The summed E-state index contributed by atoms with van der Waals surface area (Å²) in [5, 5.41) is 6.77. The highest BCUT2D eigenvalue weighted by molar-refractivity contribution is 6.26. The molecule has 0 saturated carbocycles. The number of hydrogen-bond acceptors (Lipinski definition) is 9. The van der Waals surface area contributed by atoms with Gasteiger partial charge >= 0.3 is 0 Å². The molecule has 2 fully saturated rings. The highest BCUT2D eigenvalue weighted by Crippen LogP contribution is 2.32. The number of nitrogens with zero attached hydrogens (tertiary/aromatic N) is 7. The number of piperidine rings is 2. The van der Waals surface area contributed by atoms with Gasteiger partial charge in [-0.2, -0.15) is 9.98 Å². The van der Waals surface area contributed by atoms with Gasteiger partial charge in [0.2, 0.25) is 5.96 Å². The first-order valence-electron chi connectivity index (χ1n) is 14.9. The largest absolute Gasteiger partial charge is 0.387 e. The van der Waals surface area contributed by atoms with E-state index in [0.29, 0.717) is 17.6 Å². The molecule has 5 heterocycles. The Hall–Kier alpha value is -4.40. The lowest BCUT2D eigenvalue weighted by molar-refractivity contribution is 0.578. The lowest BCUT2D eigenvalue weighted by Gasteiger charge is -2.32. The Labute approximate surface area is 241 Å². The van der Waals surface area contributed by atoms with Crippen LogP contribution in [-0.4, -0.2) is 68.6 Å². The van der Waals surface area contributed by atoms with Crippen LogP contribution in [0, 0.1) is 0 Å². The Bertz CT molecular complexity index is 1460. The van der Waals surface area contributed by atoms with Crippen LogP contribution in [-0.2, 0) is 0 Å². The number of hydrogen-bond donors (Lipinski definition) is 2. The molecule has 9 heteroatoms. The van der Waals surface area contributed by atoms with Crippen LogP contribution in [0.15, 0.2) is 80.4 Å². The summed E-state index contributed by atoms with van der Waals surface area (Å²) in [6, 6.07) is 13.1. The minimum atomic E-state index is 0.579. The highest BCUT2D eigenvalue weighted by Gasteiger charge is 2.32. The monoisotopic (exact) mass is 547 g/mol. The fourth-order valence-corrected chi connectivity index (χ4v) is 6.25. The summed E-state index contributed by atoms with van der Waals surface area (Å²) < 4.78 is 0. The number of nitrogens with one attached hydrogen (secondary N) is 2. The molecule has 0 atom stereocenters. The van der Waals surface area contributed by atoms with E-state index in [9.17, 15) is 0 Å². The minimum Gasteiger partial charge on any atom is -0.387 e. The summed E-state index contributed by atoms with van der Waals surface area (Å²) in [4.78, 5) is 26.7. The zero-order valence-corrected chi connectivity index (χ0v) is 23.9. The maximum atomic E-state index is 5.00. The number of rotatable bonds is 6. The van der Waals surface area contributed by atoms with Gasteiger partial charge in [0.15, 0.2) is 11.7 Å². The van der Waals surface area contributed by atoms with Crippen LogP contribution in [0.3, 0.4) is 0 Å². The van der Waals surface area contributed by atoms with Gasteiger partial charge in [0, 0.05) is 74.2 Å². The summed E-state index contributed by atoms with van der Waals surface area (Å²) in [6.45, 7) is 4.42. The number of guanidine groups is 1. The van der Waals surface area contributed by atoms with Crippen LogP contribution in [0.1, 0.15) is 49.7 Å². The quantitative estimate of drug-likeness (QED) is 0.503. The Morgan fingerprint density at radius 3 is 1.76 bits per heavy atom. The fraction of sp³-hybridized carbons (Fsp3) is 0.375. The summed E-state index contributed by atoms with van der Waals surface area (Å²) in [7, 11) is 3.91. The second-order valence-corrected chi connectivity index (χ2v) is 11.0. The third-order valence-corrected chi connectivity index (χ3v) is 8.47. The van der Waals surface area contributed by atoms with Gasteiger partial charge in [-0.15, -0.1) is 0 Å². The van der Waals surface area contributed by atoms with Gasteiger partial charge in [-0.25, -0.2) is 14.9 Å². The molecule has 7 rings (SSSR count). The van der Waals surface area contributed by atoms with E-state index in [2.05, 4.69) is 56.8 Å². The molecule has 5 aliphatic rings. The topological polar surface area (TPSA) is 83.2 Å². The third kappa shape index (κ3) is 4.79. The minimum absolute atomic E-state index is 0.579. The van der Waals surface area contributed by atoms with Gasteiger partial charge < -0.3 is 20.4 Å². The lowest BCUT2D eigenvalue weighted by atomic mass is 10.1. The van der Waals surface area contributed by atoms with Crippen LogP contribution >= 0.6 is 0 Å². The molecule has 41 heavy (non-hydrogen) atoms. The third-order valence-electron chi connectivity index (χ3n) is 8.47. The smallest absolute Gasteiger partial charge is 0.241 e. The molecule has 2 aromatic carbocycles. The van der Waals surface area contributed by atoms with Crippen molar-refractivity contribution in [3.8, 4) is 0 Å². The van der Waals surface area contributed by atoms with Crippen molar-refractivity contribution >= 4 is 46.2 Å². The second kappa shape index (κ2) is 10.9. The molecular formula is C32H37N9. The van der Waals surface area contributed by atoms with E-state index in [4.69, 9.17) is 20.0 Å². The van der Waals surface area contributed by atoms with Crippen molar-refractivity contribution in [2.24, 2.45) is 20.0 Å². The summed E-state index contributed by atoms with van der Waals surface area (Å²) in [5.74, 6) is 3.41. The van der Waals surface area contributed by atoms with E-state index in [1.54, 1.807) is 0 Å². The zero-order valence-electron chi connectivity index (χ0n) is 23.9. The number of amidine groups is 3. The summed E-state index contributed by atoms with van der Waals surface area (Å²) in [5.41, 5.74) is 6.41. The SMILES string of the molecule is CNc1cc(N2CCCCC2)ccc1C1=NC2=CC=CC3=NC(c4ccc(N5CCCCC5)cc4NC)=NC(=N1)N23. The first kappa shape index (κ1) is 25.6. The van der Waals surface area contributed by atoms with Gasteiger partial charge in [-0.05, 0) is 87.1 Å². The van der Waals surface area contributed by atoms with Crippen LogP contribution < -0.4 is 20.4 Å².